The highest BCUT2D eigenvalue weighted by molar-refractivity contribution is 9.10. The van der Waals surface area contributed by atoms with E-state index in [2.05, 4.69) is 31.1 Å². The van der Waals surface area contributed by atoms with Gasteiger partial charge in [0.25, 0.3) is 5.91 Å². The summed E-state index contributed by atoms with van der Waals surface area (Å²) in [5, 5.41) is 7.38. The normalized spacial score (nSPS) is 20.9. The van der Waals surface area contributed by atoms with Crippen molar-refractivity contribution in [1.29, 1.82) is 0 Å². The molecule has 5 nitrogen and oxygen atoms in total. The molecule has 1 saturated heterocycles. The van der Waals surface area contributed by atoms with Crippen molar-refractivity contribution in [1.82, 2.24) is 20.1 Å². The fraction of sp³-hybridized carbons (Fsp3) is 0.471. The maximum atomic E-state index is 12.6. The summed E-state index contributed by atoms with van der Waals surface area (Å²) >= 11 is 3.46. The van der Waals surface area contributed by atoms with Crippen LogP contribution in [-0.4, -0.2) is 39.1 Å². The Balaban J connectivity index is 1.38. The summed E-state index contributed by atoms with van der Waals surface area (Å²) in [6, 6.07) is 7.61. The third kappa shape index (κ3) is 3.17. The van der Waals surface area contributed by atoms with E-state index in [-0.39, 0.29) is 5.91 Å². The molecule has 1 atom stereocenters. The van der Waals surface area contributed by atoms with E-state index in [1.54, 1.807) is 0 Å². The zero-order chi connectivity index (χ0) is 15.8. The lowest BCUT2D eigenvalue weighted by Crippen LogP contribution is -2.29. The lowest BCUT2D eigenvalue weighted by molar-refractivity contribution is 0.0786. The highest BCUT2D eigenvalue weighted by Crippen LogP contribution is 2.38. The number of H-pyrrole nitrogens is 1. The second kappa shape index (κ2) is 6.07. The molecule has 2 fully saturated rings. The van der Waals surface area contributed by atoms with Gasteiger partial charge in [0.2, 0.25) is 0 Å². The Morgan fingerprint density at radius 2 is 2.13 bits per heavy atom. The largest absolute Gasteiger partial charge is 0.338 e. The minimum atomic E-state index is 0.108. The number of hydrogen-bond acceptors (Lipinski definition) is 3. The van der Waals surface area contributed by atoms with E-state index in [0.717, 1.165) is 47.6 Å². The van der Waals surface area contributed by atoms with Crippen LogP contribution >= 0.6 is 15.9 Å². The summed E-state index contributed by atoms with van der Waals surface area (Å²) in [5.74, 6) is 3.08. The van der Waals surface area contributed by atoms with Crippen molar-refractivity contribution in [3.05, 3.63) is 46.0 Å². The molecule has 1 aliphatic carbocycles. The van der Waals surface area contributed by atoms with Crippen molar-refractivity contribution in [2.45, 2.75) is 31.6 Å². The maximum Gasteiger partial charge on any atom is 0.255 e. The van der Waals surface area contributed by atoms with Crippen LogP contribution in [0.1, 0.15) is 47.2 Å². The van der Waals surface area contributed by atoms with Crippen LogP contribution in [0.4, 0.5) is 0 Å². The summed E-state index contributed by atoms with van der Waals surface area (Å²) < 4.78 is 0.859. The van der Waals surface area contributed by atoms with Crippen LogP contribution in [-0.2, 0) is 6.42 Å². The van der Waals surface area contributed by atoms with Gasteiger partial charge in [-0.05, 0) is 53.2 Å². The number of hydrogen-bond donors (Lipinski definition) is 1. The average Bonchev–Trinajstić information content (AvgIpc) is 3.12. The van der Waals surface area contributed by atoms with Crippen LogP contribution in [0.3, 0.4) is 0 Å². The first-order chi connectivity index (χ1) is 11.2. The van der Waals surface area contributed by atoms with Gasteiger partial charge in [-0.15, -0.1) is 0 Å². The van der Waals surface area contributed by atoms with Gasteiger partial charge in [-0.25, -0.2) is 4.98 Å². The molecule has 23 heavy (non-hydrogen) atoms. The van der Waals surface area contributed by atoms with Crippen LogP contribution in [0.15, 0.2) is 28.7 Å². The molecule has 2 heterocycles. The van der Waals surface area contributed by atoms with Gasteiger partial charge in [0, 0.05) is 29.9 Å². The third-order valence-corrected chi connectivity index (χ3v) is 5.34. The van der Waals surface area contributed by atoms with E-state index in [0.29, 0.717) is 11.8 Å². The molecule has 1 saturated carbocycles. The van der Waals surface area contributed by atoms with Gasteiger partial charge in [-0.2, -0.15) is 5.10 Å². The zero-order valence-corrected chi connectivity index (χ0v) is 14.4. The van der Waals surface area contributed by atoms with Crippen LogP contribution < -0.4 is 0 Å². The SMILES string of the molecule is O=C(c1ccccc1Br)N1CCC(Cc2nc(C3CC3)n[nH]2)C1. The molecule has 6 heteroatoms. The summed E-state index contributed by atoms with van der Waals surface area (Å²) in [5.41, 5.74) is 0.740. The molecule has 120 valence electrons. The number of halogens is 1. The minimum Gasteiger partial charge on any atom is -0.338 e. The van der Waals surface area contributed by atoms with E-state index in [1.165, 1.54) is 12.8 Å². The summed E-state index contributed by atoms with van der Waals surface area (Å²) in [4.78, 5) is 19.2. The zero-order valence-electron chi connectivity index (χ0n) is 12.8. The standard InChI is InChI=1S/C17H19BrN4O/c18-14-4-2-1-3-13(14)17(23)22-8-7-11(10-22)9-15-19-16(21-20-15)12-5-6-12/h1-4,11-12H,5-10H2,(H,19,20,21). The number of aromatic amines is 1. The van der Waals surface area contributed by atoms with Crippen LogP contribution in [0.25, 0.3) is 0 Å². The summed E-state index contributed by atoms with van der Waals surface area (Å²) in [7, 11) is 0. The average molecular weight is 375 g/mol. The Hall–Kier alpha value is -1.69. The number of aromatic nitrogens is 3. The van der Waals surface area contributed by atoms with Gasteiger partial charge in [-0.3, -0.25) is 9.89 Å². The highest BCUT2D eigenvalue weighted by atomic mass is 79.9. The number of rotatable bonds is 4. The van der Waals surface area contributed by atoms with Crippen molar-refractivity contribution in [2.75, 3.05) is 13.1 Å². The van der Waals surface area contributed by atoms with Gasteiger partial charge in [-0.1, -0.05) is 12.1 Å². The summed E-state index contributed by atoms with van der Waals surface area (Å²) in [6.07, 6.45) is 4.33. The van der Waals surface area contributed by atoms with Crippen LogP contribution in [0, 0.1) is 5.92 Å². The molecule has 1 unspecified atom stereocenters. The van der Waals surface area contributed by atoms with Gasteiger partial charge in [0.1, 0.15) is 5.82 Å². The fourth-order valence-electron chi connectivity index (χ4n) is 3.19. The Morgan fingerprint density at radius 1 is 1.30 bits per heavy atom. The maximum absolute atomic E-state index is 12.6. The van der Waals surface area contributed by atoms with Crippen molar-refractivity contribution in [2.24, 2.45) is 5.92 Å². The van der Waals surface area contributed by atoms with Gasteiger partial charge in [0.05, 0.1) is 5.56 Å². The minimum absolute atomic E-state index is 0.108. The Kier molecular flexibility index (Phi) is 3.93. The van der Waals surface area contributed by atoms with Crippen molar-refractivity contribution >= 4 is 21.8 Å². The van der Waals surface area contributed by atoms with E-state index >= 15 is 0 Å². The van der Waals surface area contributed by atoms with Crippen LogP contribution in [0.2, 0.25) is 0 Å². The number of carbonyl (C=O) groups is 1. The molecule has 0 spiro atoms. The predicted octanol–water partition coefficient (Wildman–Crippen LogP) is 3.15. The van der Waals surface area contributed by atoms with Crippen LogP contribution in [0.5, 0.6) is 0 Å². The molecule has 1 N–H and O–H groups in total. The number of nitrogens with one attached hydrogen (secondary N) is 1. The lowest BCUT2D eigenvalue weighted by Gasteiger charge is -2.17. The Labute approximate surface area is 143 Å². The van der Waals surface area contributed by atoms with E-state index < -0.39 is 0 Å². The first-order valence-electron chi connectivity index (χ1n) is 8.15. The quantitative estimate of drug-likeness (QED) is 0.893. The van der Waals surface area contributed by atoms with E-state index in [1.807, 2.05) is 29.2 Å². The number of benzene rings is 1. The molecule has 4 rings (SSSR count). The van der Waals surface area contributed by atoms with Gasteiger partial charge in [0.15, 0.2) is 5.82 Å². The second-order valence-corrected chi connectivity index (χ2v) is 7.36. The Bertz CT molecular complexity index is 725. The second-order valence-electron chi connectivity index (χ2n) is 6.50. The number of carbonyl (C=O) groups excluding carboxylic acids is 1. The number of likely N-dealkylation sites (tertiary alicyclic amines) is 1. The predicted molar refractivity (Wildman–Crippen MR) is 90.2 cm³/mol. The molecule has 1 aromatic carbocycles. The molecule has 2 aliphatic rings. The first-order valence-corrected chi connectivity index (χ1v) is 8.95. The molecular weight excluding hydrogens is 356 g/mol. The smallest absolute Gasteiger partial charge is 0.255 e. The fourth-order valence-corrected chi connectivity index (χ4v) is 3.64. The Morgan fingerprint density at radius 3 is 2.91 bits per heavy atom. The molecule has 1 aromatic heterocycles. The topological polar surface area (TPSA) is 61.9 Å². The van der Waals surface area contributed by atoms with E-state index in [4.69, 9.17) is 0 Å². The third-order valence-electron chi connectivity index (χ3n) is 4.65. The number of amides is 1. The monoisotopic (exact) mass is 374 g/mol. The van der Waals surface area contributed by atoms with E-state index in [9.17, 15) is 4.79 Å². The molecule has 1 amide bonds. The molecule has 0 radical (unpaired) electrons. The molecule has 2 aromatic rings. The van der Waals surface area contributed by atoms with Crippen molar-refractivity contribution in [3.8, 4) is 0 Å². The summed E-state index contributed by atoms with van der Waals surface area (Å²) in [6.45, 7) is 1.61. The van der Waals surface area contributed by atoms with Crippen molar-refractivity contribution in [3.63, 3.8) is 0 Å². The van der Waals surface area contributed by atoms with Gasteiger partial charge < -0.3 is 4.90 Å². The van der Waals surface area contributed by atoms with Crippen molar-refractivity contribution < 1.29 is 4.79 Å². The van der Waals surface area contributed by atoms with Gasteiger partial charge >= 0.3 is 0 Å². The number of nitrogens with zero attached hydrogens (tertiary/aromatic N) is 3. The molecule has 1 aliphatic heterocycles. The first kappa shape index (κ1) is 14.9. The molecule has 0 bridgehead atoms. The molecular formula is C17H19BrN4O. The highest BCUT2D eigenvalue weighted by Gasteiger charge is 2.30. The lowest BCUT2D eigenvalue weighted by atomic mass is 10.1.